The Balaban J connectivity index is 0.530. The number of rotatable bonds is 19. The summed E-state index contributed by atoms with van der Waals surface area (Å²) in [6.45, 7) is 0. The van der Waals surface area contributed by atoms with Crippen molar-refractivity contribution in [1.29, 1.82) is 0 Å². The Hall–Kier alpha value is -19.2. The molecule has 0 fully saturated rings. The van der Waals surface area contributed by atoms with E-state index in [0.29, 0.717) is 0 Å². The fourth-order valence-electron chi connectivity index (χ4n) is 21.4. The van der Waals surface area contributed by atoms with Crippen LogP contribution in [0.2, 0.25) is 0 Å². The van der Waals surface area contributed by atoms with Gasteiger partial charge in [0, 0.05) is 155 Å². The van der Waals surface area contributed by atoms with Crippen molar-refractivity contribution in [2.24, 2.45) is 0 Å². The number of furan rings is 6. The van der Waals surface area contributed by atoms with Gasteiger partial charge in [-0.3, -0.25) is 0 Å². The first-order valence-corrected chi connectivity index (χ1v) is 48.0. The molecular weight excluding hydrogens is 1740 g/mol. The number of hydrogen-bond donors (Lipinski definition) is 0. The van der Waals surface area contributed by atoms with E-state index in [1.165, 1.54) is 0 Å². The van der Waals surface area contributed by atoms with Gasteiger partial charge in [-0.05, 0) is 262 Å². The fourth-order valence-corrected chi connectivity index (χ4v) is 21.4. The molecule has 28 rings (SSSR count). The van der Waals surface area contributed by atoms with E-state index in [2.05, 4.69) is 444 Å². The van der Waals surface area contributed by atoms with E-state index in [4.69, 9.17) is 26.5 Å². The van der Waals surface area contributed by atoms with Crippen LogP contribution in [0.15, 0.2) is 524 Å². The summed E-state index contributed by atoms with van der Waals surface area (Å²) in [5.41, 5.74) is 37.1. The van der Waals surface area contributed by atoms with Gasteiger partial charge in [0.1, 0.15) is 67.0 Å². The maximum absolute atomic E-state index is 6.65. The summed E-state index contributed by atoms with van der Waals surface area (Å²) >= 11 is 0. The molecule has 6 aromatic heterocycles. The topological polar surface area (TPSA) is 91.8 Å². The molecule has 0 saturated heterocycles. The first-order chi connectivity index (χ1) is 70.3. The third kappa shape index (κ3) is 13.9. The van der Waals surface area contributed by atoms with Crippen molar-refractivity contribution in [2.75, 3.05) is 19.6 Å². The Morgan fingerprint density at radius 2 is 0.261 bits per heavy atom. The van der Waals surface area contributed by atoms with Crippen molar-refractivity contribution in [3.05, 3.63) is 497 Å². The lowest BCUT2D eigenvalue weighted by Gasteiger charge is -2.29. The zero-order chi connectivity index (χ0) is 93.4. The molecule has 0 N–H and O–H groups in total. The second-order valence-corrected chi connectivity index (χ2v) is 36.5. The first-order valence-electron chi connectivity index (χ1n) is 48.0. The van der Waals surface area contributed by atoms with Crippen LogP contribution in [-0.4, -0.2) is 0 Å². The Bertz CT molecular complexity index is 9190. The second-order valence-electron chi connectivity index (χ2n) is 36.5. The van der Waals surface area contributed by atoms with Crippen LogP contribution in [0.3, 0.4) is 0 Å². The van der Waals surface area contributed by atoms with E-state index < -0.39 is 0 Å². The number of benzene rings is 22. The summed E-state index contributed by atoms with van der Waals surface area (Å²) in [6, 6.07) is 177. The Kier molecular flexibility index (Phi) is 19.1. The molecule has 0 atom stereocenters. The van der Waals surface area contributed by atoms with Crippen LogP contribution in [0.25, 0.3) is 210 Å². The van der Waals surface area contributed by atoms with E-state index in [9.17, 15) is 0 Å². The maximum atomic E-state index is 6.65. The summed E-state index contributed by atoms with van der Waals surface area (Å²) in [4.78, 5) is 9.37. The molecule has 0 aliphatic rings. The van der Waals surface area contributed by atoms with E-state index >= 15 is 0 Å². The average molecular weight is 1820 g/mol. The molecule has 0 radical (unpaired) electrons. The smallest absolute Gasteiger partial charge is 0.143 e. The molecule has 6 heterocycles. The van der Waals surface area contributed by atoms with E-state index in [0.717, 1.165) is 278 Å². The highest BCUT2D eigenvalue weighted by molar-refractivity contribution is 6.15. The molecule has 0 spiro atoms. The van der Waals surface area contributed by atoms with Gasteiger partial charge in [-0.15, -0.1) is 0 Å². The normalized spacial score (nSPS) is 11.8. The monoisotopic (exact) mass is 1820 g/mol. The van der Waals surface area contributed by atoms with Crippen molar-refractivity contribution < 1.29 is 26.5 Å². The van der Waals surface area contributed by atoms with Gasteiger partial charge in [0.25, 0.3) is 0 Å². The summed E-state index contributed by atoms with van der Waals surface area (Å²) in [5, 5.41) is 13.2. The molecule has 22 aromatic carbocycles. The maximum Gasteiger partial charge on any atom is 0.143 e. The lowest BCUT2D eigenvalue weighted by Crippen LogP contribution is -2.12. The largest absolute Gasteiger partial charge is 0.456 e. The first kappa shape index (κ1) is 81.2. The summed E-state index contributed by atoms with van der Waals surface area (Å²) < 4.78 is 39.3. The molecule has 0 unspecified atom stereocenters. The third-order valence-electron chi connectivity index (χ3n) is 28.4. The van der Waals surface area contributed by atoms with Crippen LogP contribution in [0.4, 0.5) is 68.2 Å². The molecular formula is C132H82N4O6. The van der Waals surface area contributed by atoms with Crippen LogP contribution in [0, 0.1) is 0 Å². The van der Waals surface area contributed by atoms with E-state index in [-0.39, 0.29) is 0 Å². The molecule has 28 aromatic rings. The predicted molar refractivity (Wildman–Crippen MR) is 587 cm³/mol. The minimum atomic E-state index is 0.861. The van der Waals surface area contributed by atoms with E-state index in [1.807, 2.05) is 72.8 Å². The van der Waals surface area contributed by atoms with Gasteiger partial charge in [0.2, 0.25) is 0 Å². The molecule has 0 saturated carbocycles. The van der Waals surface area contributed by atoms with Crippen molar-refractivity contribution in [2.45, 2.75) is 0 Å². The van der Waals surface area contributed by atoms with Crippen LogP contribution in [0.5, 0.6) is 0 Å². The summed E-state index contributed by atoms with van der Waals surface area (Å²) in [5.74, 6) is 0. The molecule has 0 amide bonds. The van der Waals surface area contributed by atoms with Crippen molar-refractivity contribution in [3.63, 3.8) is 0 Å². The van der Waals surface area contributed by atoms with Gasteiger partial charge in [-0.2, -0.15) is 0 Å². The molecule has 10 nitrogen and oxygen atoms in total. The summed E-state index contributed by atoms with van der Waals surface area (Å²) in [7, 11) is 0. The van der Waals surface area contributed by atoms with Gasteiger partial charge in [-0.1, -0.05) is 291 Å². The van der Waals surface area contributed by atoms with Crippen LogP contribution >= 0.6 is 0 Å². The standard InChI is InChI=1S/C132H82N4O6/c1-7-31-121-109(17-1)115-79-53-91(81-127(115)137-121)85-41-59-95(60-42-85)135(99-67-49-89(50-68-99)107-25-15-29-119-113-21-5-11-35-125(113)141-131(107)119)103-75-71-101(72-76-103)133(97-63-45-87(46-64-97)105-23-13-27-117-111-19-3-9-33-123(111)139-129(105)117)93-55-37-83(38-56-93)84-39-57-94(58-40-84)134(98-65-47-88(48-66-98)106-24-14-28-118-112-20-4-10-34-124(112)140-130(106)118)102-73-77-104(78-74-102)136(96-61-43-86(44-62-96)92-54-80-116-110-18-2-8-32-122(110)138-128(116)82-92)100-69-51-90(52-70-100)108-26-16-30-120-114-22-6-12-36-126(114)142-132(108)120/h1-82H. The number of hydrogen-bond acceptors (Lipinski definition) is 10. The minimum Gasteiger partial charge on any atom is -0.456 e. The van der Waals surface area contributed by atoms with Gasteiger partial charge in [-0.25, -0.2) is 0 Å². The lowest BCUT2D eigenvalue weighted by molar-refractivity contribution is 0.668. The van der Waals surface area contributed by atoms with Crippen molar-refractivity contribution >= 4 is 200 Å². The molecule has 0 aliphatic carbocycles. The lowest BCUT2D eigenvalue weighted by atomic mass is 10.0. The minimum absolute atomic E-state index is 0.861. The molecule has 142 heavy (non-hydrogen) atoms. The van der Waals surface area contributed by atoms with Crippen LogP contribution in [-0.2, 0) is 0 Å². The molecule has 0 bridgehead atoms. The second kappa shape index (κ2) is 33.4. The summed E-state index contributed by atoms with van der Waals surface area (Å²) in [6.07, 6.45) is 0. The number of anilines is 12. The van der Waals surface area contributed by atoms with Crippen LogP contribution < -0.4 is 19.6 Å². The number of fused-ring (bicyclic) bond motifs is 18. The van der Waals surface area contributed by atoms with Gasteiger partial charge >= 0.3 is 0 Å². The highest BCUT2D eigenvalue weighted by atomic mass is 16.3. The number of para-hydroxylation sites is 10. The zero-order valence-electron chi connectivity index (χ0n) is 76.6. The van der Waals surface area contributed by atoms with Crippen molar-refractivity contribution in [3.8, 4) is 77.9 Å². The quantitative estimate of drug-likeness (QED) is 0.0779. The van der Waals surface area contributed by atoms with Crippen LogP contribution in [0.1, 0.15) is 0 Å². The molecule has 666 valence electrons. The number of nitrogens with zero attached hydrogens (tertiary/aromatic N) is 4. The van der Waals surface area contributed by atoms with Gasteiger partial charge in [0.15, 0.2) is 0 Å². The van der Waals surface area contributed by atoms with E-state index in [1.54, 1.807) is 0 Å². The molecule has 0 aliphatic heterocycles. The highest BCUT2D eigenvalue weighted by Gasteiger charge is 2.26. The highest BCUT2D eigenvalue weighted by Crippen LogP contribution is 2.50. The Labute approximate surface area is 815 Å². The third-order valence-corrected chi connectivity index (χ3v) is 28.4. The van der Waals surface area contributed by atoms with Crippen molar-refractivity contribution in [1.82, 2.24) is 0 Å². The average Bonchev–Trinajstić information content (AvgIpc) is 1.52. The van der Waals surface area contributed by atoms with Gasteiger partial charge < -0.3 is 46.1 Å². The fraction of sp³-hybridized carbons (Fsp3) is 0. The Morgan fingerprint density at radius 3 is 0.479 bits per heavy atom. The molecule has 10 heteroatoms. The van der Waals surface area contributed by atoms with Gasteiger partial charge in [0.05, 0.1) is 0 Å². The SMILES string of the molecule is c1ccc2c(c1)oc1cc(-c3ccc(N(c4ccc(-c5cccc6c5oc5ccccc56)cc4)c4ccc(N(c5ccc(-c6ccc(N(c7ccc(-c8cccc9c8oc8ccccc89)cc7)c7ccc(N(c8ccc(-c9ccc%10c(c9)oc9ccccc9%10)cc8)c8ccc(-c9cccc%10c9oc9ccccc9%10)cc8)cc7)cc6)cc5)c5ccc(-c6cccc7c6oc6ccccc67)cc5)cc4)cc3)ccc12. The zero-order valence-corrected chi connectivity index (χ0v) is 76.6. The Morgan fingerprint density at radius 1 is 0.106 bits per heavy atom. The predicted octanol–water partition coefficient (Wildman–Crippen LogP) is 38.6.